The second kappa shape index (κ2) is 8.07. The van der Waals surface area contributed by atoms with Gasteiger partial charge in [-0.15, -0.1) is 0 Å². The Hall–Kier alpha value is -4.04. The molecule has 0 aliphatic heterocycles. The average molecular weight is 495 g/mol. The number of rotatable bonds is 5. The standard InChI is InChI=1S/C19H9F8N3O4/c20-17(21,19(25,26)27)12-5-6-14(11-4-2-1-3-10(11)12)28-16-13(18(22,23)24)7-9(29(31)32)8-15(16)30(33)34/h1-8,28H. The zero-order valence-electron chi connectivity index (χ0n) is 16.2. The molecule has 0 unspecified atom stereocenters. The lowest BCUT2D eigenvalue weighted by Gasteiger charge is -2.23. The third kappa shape index (κ3) is 4.27. The van der Waals surface area contributed by atoms with E-state index in [9.17, 15) is 55.4 Å². The van der Waals surface area contributed by atoms with E-state index in [1.54, 1.807) is 0 Å². The van der Waals surface area contributed by atoms with E-state index in [2.05, 4.69) is 0 Å². The van der Waals surface area contributed by atoms with Gasteiger partial charge in [-0.1, -0.05) is 24.3 Å². The zero-order valence-corrected chi connectivity index (χ0v) is 16.2. The number of nitrogens with zero attached hydrogens (tertiary/aromatic N) is 2. The Kier molecular flexibility index (Phi) is 5.84. The van der Waals surface area contributed by atoms with Gasteiger partial charge in [0.15, 0.2) is 0 Å². The summed E-state index contributed by atoms with van der Waals surface area (Å²) in [4.78, 5) is 19.7. The molecule has 180 valence electrons. The van der Waals surface area contributed by atoms with Crippen LogP contribution in [0.3, 0.4) is 0 Å². The molecule has 0 bridgehead atoms. The van der Waals surface area contributed by atoms with Gasteiger partial charge in [-0.3, -0.25) is 20.2 Å². The van der Waals surface area contributed by atoms with Crippen molar-refractivity contribution in [2.24, 2.45) is 0 Å². The van der Waals surface area contributed by atoms with Gasteiger partial charge in [-0.25, -0.2) is 0 Å². The average Bonchev–Trinajstić information content (AvgIpc) is 2.71. The smallest absolute Gasteiger partial charge is 0.349 e. The van der Waals surface area contributed by atoms with Gasteiger partial charge in [0.25, 0.3) is 11.4 Å². The van der Waals surface area contributed by atoms with Crippen molar-refractivity contribution >= 4 is 33.5 Å². The quantitative estimate of drug-likeness (QED) is 0.232. The van der Waals surface area contributed by atoms with Crippen molar-refractivity contribution < 1.29 is 45.0 Å². The van der Waals surface area contributed by atoms with E-state index < -0.39 is 72.8 Å². The summed E-state index contributed by atoms with van der Waals surface area (Å²) in [5.74, 6) is -5.32. The summed E-state index contributed by atoms with van der Waals surface area (Å²) in [5, 5.41) is 23.3. The van der Waals surface area contributed by atoms with Gasteiger partial charge in [0.2, 0.25) is 0 Å². The Bertz CT molecular complexity index is 1310. The van der Waals surface area contributed by atoms with Gasteiger partial charge in [0, 0.05) is 22.7 Å². The molecule has 1 N–H and O–H groups in total. The molecule has 0 saturated heterocycles. The third-order valence-electron chi connectivity index (χ3n) is 4.69. The minimum atomic E-state index is -5.98. The van der Waals surface area contributed by atoms with Crippen LogP contribution in [0.15, 0.2) is 48.5 Å². The van der Waals surface area contributed by atoms with Crippen LogP contribution in [0.5, 0.6) is 0 Å². The van der Waals surface area contributed by atoms with Gasteiger partial charge < -0.3 is 5.32 Å². The first-order valence-electron chi connectivity index (χ1n) is 8.83. The number of nitrogens with one attached hydrogen (secondary N) is 1. The second-order valence-electron chi connectivity index (χ2n) is 6.80. The van der Waals surface area contributed by atoms with Crippen LogP contribution in [-0.2, 0) is 12.1 Å². The van der Waals surface area contributed by atoms with Crippen molar-refractivity contribution in [2.45, 2.75) is 18.3 Å². The Balaban J connectivity index is 2.30. The van der Waals surface area contributed by atoms with Gasteiger partial charge >= 0.3 is 18.3 Å². The molecule has 0 aliphatic rings. The number of fused-ring (bicyclic) bond motifs is 1. The van der Waals surface area contributed by atoms with Crippen LogP contribution in [0, 0.1) is 20.2 Å². The minimum Gasteiger partial charge on any atom is -0.349 e. The topological polar surface area (TPSA) is 98.3 Å². The first kappa shape index (κ1) is 24.6. The van der Waals surface area contributed by atoms with Gasteiger partial charge in [0.05, 0.1) is 21.5 Å². The van der Waals surface area contributed by atoms with Crippen molar-refractivity contribution in [3.8, 4) is 0 Å². The maximum Gasteiger partial charge on any atom is 0.458 e. The molecule has 0 saturated carbocycles. The summed E-state index contributed by atoms with van der Waals surface area (Å²) >= 11 is 0. The molecule has 0 spiro atoms. The number of alkyl halides is 8. The summed E-state index contributed by atoms with van der Waals surface area (Å²) in [5.41, 5.74) is -7.66. The van der Waals surface area contributed by atoms with Crippen molar-refractivity contribution in [3.63, 3.8) is 0 Å². The van der Waals surface area contributed by atoms with E-state index in [1.807, 2.05) is 5.32 Å². The largest absolute Gasteiger partial charge is 0.458 e. The van der Waals surface area contributed by atoms with Crippen LogP contribution in [0.2, 0.25) is 0 Å². The zero-order chi connectivity index (χ0) is 25.6. The molecule has 34 heavy (non-hydrogen) atoms. The van der Waals surface area contributed by atoms with Crippen LogP contribution >= 0.6 is 0 Å². The van der Waals surface area contributed by atoms with E-state index in [4.69, 9.17) is 0 Å². The number of hydrogen-bond acceptors (Lipinski definition) is 5. The molecule has 0 amide bonds. The second-order valence-corrected chi connectivity index (χ2v) is 6.80. The van der Waals surface area contributed by atoms with Crippen molar-refractivity contribution in [1.29, 1.82) is 0 Å². The lowest BCUT2D eigenvalue weighted by Crippen LogP contribution is -2.33. The van der Waals surface area contributed by atoms with E-state index in [-0.39, 0.29) is 12.1 Å². The van der Waals surface area contributed by atoms with Crippen LogP contribution < -0.4 is 5.32 Å². The third-order valence-corrected chi connectivity index (χ3v) is 4.69. The SMILES string of the molecule is O=[N+]([O-])c1cc([N+](=O)[O-])c(Nc2ccc(C(F)(F)C(F)(F)F)c3ccccc23)c(C(F)(F)F)c1. The monoisotopic (exact) mass is 495 g/mol. The molecule has 7 nitrogen and oxygen atoms in total. The highest BCUT2D eigenvalue weighted by atomic mass is 19.4. The molecule has 0 aromatic heterocycles. The first-order chi connectivity index (χ1) is 15.6. The molecule has 0 heterocycles. The Labute approximate surface area is 182 Å². The molecule has 3 aromatic carbocycles. The van der Waals surface area contributed by atoms with Crippen LogP contribution in [0.1, 0.15) is 11.1 Å². The fourth-order valence-electron chi connectivity index (χ4n) is 3.19. The molecule has 0 radical (unpaired) electrons. The number of non-ortho nitro benzene ring substituents is 1. The van der Waals surface area contributed by atoms with Crippen LogP contribution in [0.4, 0.5) is 57.9 Å². The Morgan fingerprint density at radius 3 is 1.82 bits per heavy atom. The van der Waals surface area contributed by atoms with E-state index in [0.29, 0.717) is 12.1 Å². The highest BCUT2D eigenvalue weighted by molar-refractivity contribution is 5.99. The molecule has 0 fully saturated rings. The maximum atomic E-state index is 14.0. The van der Waals surface area contributed by atoms with Crippen molar-refractivity contribution in [1.82, 2.24) is 0 Å². The number of nitro groups is 2. The first-order valence-corrected chi connectivity index (χ1v) is 8.83. The number of nitro benzene ring substituents is 2. The van der Waals surface area contributed by atoms with E-state index in [1.165, 1.54) is 6.07 Å². The summed E-state index contributed by atoms with van der Waals surface area (Å²) in [7, 11) is 0. The highest BCUT2D eigenvalue weighted by Gasteiger charge is 2.59. The lowest BCUT2D eigenvalue weighted by atomic mass is 9.97. The normalized spacial score (nSPS) is 12.6. The predicted molar refractivity (Wildman–Crippen MR) is 102 cm³/mol. The predicted octanol–water partition coefficient (Wildman–Crippen LogP) is 7.07. The molecule has 0 aliphatic carbocycles. The molecule has 0 atom stereocenters. The number of halogens is 8. The van der Waals surface area contributed by atoms with Crippen LogP contribution in [0.25, 0.3) is 10.8 Å². The van der Waals surface area contributed by atoms with Gasteiger partial charge in [-0.2, -0.15) is 35.1 Å². The van der Waals surface area contributed by atoms with Gasteiger partial charge in [0.1, 0.15) is 5.69 Å². The molecule has 3 rings (SSSR count). The molecule has 15 heteroatoms. The number of hydrogen-bond donors (Lipinski definition) is 1. The summed E-state index contributed by atoms with van der Waals surface area (Å²) < 4.78 is 108. The van der Waals surface area contributed by atoms with Crippen molar-refractivity contribution in [2.75, 3.05) is 5.32 Å². The molecular formula is C19H9F8N3O4. The minimum absolute atomic E-state index is 0.0314. The van der Waals surface area contributed by atoms with E-state index >= 15 is 0 Å². The van der Waals surface area contributed by atoms with E-state index in [0.717, 1.165) is 18.2 Å². The maximum absolute atomic E-state index is 14.0. The Morgan fingerprint density at radius 1 is 0.735 bits per heavy atom. The molecular weight excluding hydrogens is 486 g/mol. The number of anilines is 2. The lowest BCUT2D eigenvalue weighted by molar-refractivity contribution is -0.394. The fraction of sp³-hybridized carbons (Fsp3) is 0.158. The molecule has 3 aromatic rings. The highest BCUT2D eigenvalue weighted by Crippen LogP contribution is 2.48. The Morgan fingerprint density at radius 2 is 1.32 bits per heavy atom. The van der Waals surface area contributed by atoms with Gasteiger partial charge in [-0.05, 0) is 17.5 Å². The summed E-state index contributed by atoms with van der Waals surface area (Å²) in [6, 6.07) is 5.39. The fourth-order valence-corrected chi connectivity index (χ4v) is 3.19. The van der Waals surface area contributed by atoms with Crippen LogP contribution in [-0.4, -0.2) is 16.0 Å². The summed E-state index contributed by atoms with van der Waals surface area (Å²) in [6.45, 7) is 0. The van der Waals surface area contributed by atoms with Crippen molar-refractivity contribution in [3.05, 3.63) is 79.9 Å². The summed E-state index contributed by atoms with van der Waals surface area (Å²) in [6.07, 6.45) is -11.3. The number of benzene rings is 3.